The third kappa shape index (κ3) is 3.43. The predicted octanol–water partition coefficient (Wildman–Crippen LogP) is 3.56. The van der Waals surface area contributed by atoms with Crippen molar-refractivity contribution < 1.29 is 9.85 Å². The van der Waals surface area contributed by atoms with Crippen LogP contribution in [-0.4, -0.2) is 15.6 Å². The molecule has 0 saturated heterocycles. The van der Waals surface area contributed by atoms with Gasteiger partial charge in [0.2, 0.25) is 0 Å². The highest BCUT2D eigenvalue weighted by molar-refractivity contribution is 7.99. The number of nitro groups is 2. The Bertz CT molecular complexity index is 488. The average molecular weight is 270 g/mol. The van der Waals surface area contributed by atoms with Crippen molar-refractivity contribution in [1.82, 2.24) is 0 Å². The summed E-state index contributed by atoms with van der Waals surface area (Å²) in [7, 11) is 0. The van der Waals surface area contributed by atoms with Crippen molar-refractivity contribution in [3.63, 3.8) is 0 Å². The van der Waals surface area contributed by atoms with Crippen molar-refractivity contribution in [2.75, 3.05) is 5.75 Å². The molecule has 0 aliphatic heterocycles. The Hall–Kier alpha value is -1.63. The molecule has 0 bridgehead atoms. The zero-order valence-corrected chi connectivity index (χ0v) is 11.2. The molecule has 0 unspecified atom stereocenters. The van der Waals surface area contributed by atoms with Crippen LogP contribution < -0.4 is 0 Å². The second-order valence-electron chi connectivity index (χ2n) is 4.31. The van der Waals surface area contributed by atoms with Gasteiger partial charge >= 0.3 is 0 Å². The first-order valence-corrected chi connectivity index (χ1v) is 6.37. The lowest BCUT2D eigenvalue weighted by Crippen LogP contribution is -1.98. The van der Waals surface area contributed by atoms with Gasteiger partial charge in [-0.25, -0.2) is 0 Å². The van der Waals surface area contributed by atoms with Gasteiger partial charge in [-0.2, -0.15) is 0 Å². The first kappa shape index (κ1) is 14.4. The first-order valence-electron chi connectivity index (χ1n) is 5.39. The molecule has 0 aliphatic rings. The summed E-state index contributed by atoms with van der Waals surface area (Å²) in [5, 5.41) is 21.6. The Morgan fingerprint density at radius 3 is 2.28 bits per heavy atom. The summed E-state index contributed by atoms with van der Waals surface area (Å²) in [5.74, 6) is 1.17. The molecular formula is C11H14N2O4S. The second kappa shape index (κ2) is 5.81. The third-order valence-electron chi connectivity index (χ3n) is 2.30. The van der Waals surface area contributed by atoms with Gasteiger partial charge in [0.05, 0.1) is 15.9 Å². The molecule has 1 aromatic rings. The Kier molecular flexibility index (Phi) is 4.66. The monoisotopic (exact) mass is 270 g/mol. The van der Waals surface area contributed by atoms with E-state index < -0.39 is 9.85 Å². The molecule has 18 heavy (non-hydrogen) atoms. The maximum absolute atomic E-state index is 10.9. The maximum atomic E-state index is 10.9. The van der Waals surface area contributed by atoms with Gasteiger partial charge in [0, 0.05) is 22.3 Å². The summed E-state index contributed by atoms with van der Waals surface area (Å²) in [6, 6.07) is 2.41. The van der Waals surface area contributed by atoms with Crippen molar-refractivity contribution in [1.29, 1.82) is 0 Å². The van der Waals surface area contributed by atoms with Crippen LogP contribution in [0.1, 0.15) is 19.4 Å². The Morgan fingerprint density at radius 1 is 1.22 bits per heavy atom. The largest absolute Gasteiger partial charge is 0.280 e. The van der Waals surface area contributed by atoms with Crippen LogP contribution in [0.25, 0.3) is 0 Å². The van der Waals surface area contributed by atoms with Gasteiger partial charge < -0.3 is 0 Å². The quantitative estimate of drug-likeness (QED) is 0.464. The second-order valence-corrected chi connectivity index (χ2v) is 5.37. The van der Waals surface area contributed by atoms with Gasteiger partial charge in [-0.15, -0.1) is 11.8 Å². The van der Waals surface area contributed by atoms with Crippen molar-refractivity contribution in [3.8, 4) is 0 Å². The van der Waals surface area contributed by atoms with Crippen LogP contribution in [0.4, 0.5) is 11.4 Å². The van der Waals surface area contributed by atoms with E-state index in [1.54, 1.807) is 6.92 Å². The van der Waals surface area contributed by atoms with E-state index in [-0.39, 0.29) is 11.4 Å². The number of hydrogen-bond donors (Lipinski definition) is 0. The molecule has 98 valence electrons. The molecule has 0 fully saturated rings. The van der Waals surface area contributed by atoms with Gasteiger partial charge in [-0.05, 0) is 12.8 Å². The fourth-order valence-electron chi connectivity index (χ4n) is 1.36. The number of rotatable bonds is 5. The fraction of sp³-hybridized carbons (Fsp3) is 0.455. The molecule has 1 rings (SSSR count). The molecule has 0 atom stereocenters. The summed E-state index contributed by atoms with van der Waals surface area (Å²) in [6.07, 6.45) is 0. The Balaban J connectivity index is 3.22. The first-order chi connectivity index (χ1) is 8.32. The smallest absolute Gasteiger partial charge is 0.258 e. The van der Waals surface area contributed by atoms with E-state index in [0.717, 1.165) is 11.8 Å². The van der Waals surface area contributed by atoms with Gasteiger partial charge in [0.25, 0.3) is 11.4 Å². The van der Waals surface area contributed by atoms with Crippen molar-refractivity contribution in [2.45, 2.75) is 25.7 Å². The molecule has 6 nitrogen and oxygen atoms in total. The summed E-state index contributed by atoms with van der Waals surface area (Å²) in [4.78, 5) is 21.0. The molecule has 0 saturated carbocycles. The molecule has 0 heterocycles. The minimum atomic E-state index is -0.605. The average Bonchev–Trinajstić information content (AvgIpc) is 2.26. The fourth-order valence-corrected chi connectivity index (χ4v) is 2.40. The molecule has 1 aromatic carbocycles. The lowest BCUT2D eigenvalue weighted by Gasteiger charge is -2.08. The van der Waals surface area contributed by atoms with Gasteiger partial charge in [0.15, 0.2) is 0 Å². The van der Waals surface area contributed by atoms with Crippen LogP contribution in [-0.2, 0) is 0 Å². The lowest BCUT2D eigenvalue weighted by atomic mass is 10.2. The molecule has 0 amide bonds. The van der Waals surface area contributed by atoms with E-state index in [4.69, 9.17) is 0 Å². The molecule has 0 N–H and O–H groups in total. The van der Waals surface area contributed by atoms with E-state index in [0.29, 0.717) is 16.4 Å². The summed E-state index contributed by atoms with van der Waals surface area (Å²) in [6.45, 7) is 5.66. The van der Waals surface area contributed by atoms with Crippen LogP contribution in [0.15, 0.2) is 17.0 Å². The number of nitro benzene ring substituents is 2. The molecular weight excluding hydrogens is 256 g/mol. The number of hydrogen-bond acceptors (Lipinski definition) is 5. The van der Waals surface area contributed by atoms with E-state index >= 15 is 0 Å². The standard InChI is InChI=1S/C11H14N2O4S/c1-7(2)6-18-11-5-9(12(14)15)4-10(8(11)3)13(16)17/h4-5,7H,6H2,1-3H3. The van der Waals surface area contributed by atoms with Crippen molar-refractivity contribution in [2.24, 2.45) is 5.92 Å². The molecule has 0 radical (unpaired) electrons. The van der Waals surface area contributed by atoms with E-state index in [2.05, 4.69) is 0 Å². The van der Waals surface area contributed by atoms with Crippen LogP contribution in [0.5, 0.6) is 0 Å². The van der Waals surface area contributed by atoms with Crippen molar-refractivity contribution in [3.05, 3.63) is 37.9 Å². The topological polar surface area (TPSA) is 86.3 Å². The Labute approximate surface area is 109 Å². The van der Waals surface area contributed by atoms with Crippen LogP contribution in [0.2, 0.25) is 0 Å². The predicted molar refractivity (Wildman–Crippen MR) is 70.0 cm³/mol. The maximum Gasteiger partial charge on any atom is 0.280 e. The minimum absolute atomic E-state index is 0.199. The number of non-ortho nitro benzene ring substituents is 1. The van der Waals surface area contributed by atoms with Gasteiger partial charge in [0.1, 0.15) is 0 Å². The van der Waals surface area contributed by atoms with E-state index in [9.17, 15) is 20.2 Å². The Morgan fingerprint density at radius 2 is 1.83 bits per heavy atom. The SMILES string of the molecule is Cc1c(SCC(C)C)cc([N+](=O)[O-])cc1[N+](=O)[O-]. The van der Waals surface area contributed by atoms with E-state index in [1.807, 2.05) is 13.8 Å². The molecule has 7 heteroatoms. The third-order valence-corrected chi connectivity index (χ3v) is 3.87. The minimum Gasteiger partial charge on any atom is -0.258 e. The summed E-state index contributed by atoms with van der Waals surface area (Å²) in [5.41, 5.74) is 0.0465. The number of benzene rings is 1. The van der Waals surface area contributed by atoms with Crippen LogP contribution in [0, 0.1) is 33.1 Å². The normalized spacial score (nSPS) is 10.7. The molecule has 0 aliphatic carbocycles. The van der Waals surface area contributed by atoms with E-state index in [1.165, 1.54) is 17.8 Å². The molecule has 0 aromatic heterocycles. The molecule has 0 spiro atoms. The summed E-state index contributed by atoms with van der Waals surface area (Å²) >= 11 is 1.41. The zero-order chi connectivity index (χ0) is 13.9. The zero-order valence-electron chi connectivity index (χ0n) is 10.4. The van der Waals surface area contributed by atoms with Gasteiger partial charge in [-0.1, -0.05) is 13.8 Å². The number of nitrogens with zero attached hydrogens (tertiary/aromatic N) is 2. The van der Waals surface area contributed by atoms with Gasteiger partial charge in [-0.3, -0.25) is 20.2 Å². The number of thioether (sulfide) groups is 1. The van der Waals surface area contributed by atoms with Crippen LogP contribution >= 0.6 is 11.8 Å². The van der Waals surface area contributed by atoms with Crippen molar-refractivity contribution >= 4 is 23.1 Å². The highest BCUT2D eigenvalue weighted by atomic mass is 32.2. The highest BCUT2D eigenvalue weighted by Crippen LogP contribution is 2.34. The van der Waals surface area contributed by atoms with Crippen LogP contribution in [0.3, 0.4) is 0 Å². The lowest BCUT2D eigenvalue weighted by molar-refractivity contribution is -0.394. The summed E-state index contributed by atoms with van der Waals surface area (Å²) < 4.78 is 0. The highest BCUT2D eigenvalue weighted by Gasteiger charge is 2.21.